The normalized spacial score (nSPS) is 14.9. The second kappa shape index (κ2) is 5.16. The SMILES string of the molecule is Cn1cnnc1Sc1nc2ccccn2c1CNC1CC1. The molecule has 3 aromatic rings. The standard InChI is InChI=1S/C14H16N6S/c1-19-9-16-18-14(19)21-13-11(8-15-10-5-6-10)20-7-3-2-4-12(20)17-13/h2-4,7,9-10,15H,5-6,8H2,1H3. The van der Waals surface area contributed by atoms with Gasteiger partial charge in [0.25, 0.3) is 0 Å². The summed E-state index contributed by atoms with van der Waals surface area (Å²) in [6.45, 7) is 0.829. The Bertz CT molecular complexity index is 773. The van der Waals surface area contributed by atoms with Crippen LogP contribution in [0.2, 0.25) is 0 Å². The van der Waals surface area contributed by atoms with E-state index in [1.54, 1.807) is 18.1 Å². The van der Waals surface area contributed by atoms with Gasteiger partial charge in [0, 0.05) is 25.8 Å². The van der Waals surface area contributed by atoms with E-state index in [-0.39, 0.29) is 0 Å². The van der Waals surface area contributed by atoms with Crippen molar-refractivity contribution in [3.8, 4) is 0 Å². The van der Waals surface area contributed by atoms with E-state index in [2.05, 4.69) is 26.1 Å². The molecule has 1 saturated carbocycles. The highest BCUT2D eigenvalue weighted by Gasteiger charge is 2.22. The minimum Gasteiger partial charge on any atom is -0.311 e. The van der Waals surface area contributed by atoms with Crippen LogP contribution < -0.4 is 5.32 Å². The van der Waals surface area contributed by atoms with Crippen molar-refractivity contribution in [2.75, 3.05) is 0 Å². The van der Waals surface area contributed by atoms with Gasteiger partial charge in [0.2, 0.25) is 0 Å². The first-order valence-electron chi connectivity index (χ1n) is 7.02. The lowest BCUT2D eigenvalue weighted by atomic mass is 10.4. The van der Waals surface area contributed by atoms with Crippen molar-refractivity contribution in [2.45, 2.75) is 35.6 Å². The van der Waals surface area contributed by atoms with Crippen LogP contribution in [0.25, 0.3) is 5.65 Å². The van der Waals surface area contributed by atoms with Crippen LogP contribution in [0.3, 0.4) is 0 Å². The lowest BCUT2D eigenvalue weighted by Gasteiger charge is -2.05. The number of aryl methyl sites for hydroxylation is 1. The van der Waals surface area contributed by atoms with Gasteiger partial charge in [-0.2, -0.15) is 0 Å². The molecule has 0 atom stereocenters. The summed E-state index contributed by atoms with van der Waals surface area (Å²) in [4.78, 5) is 4.73. The Morgan fingerprint density at radius 2 is 2.29 bits per heavy atom. The number of aromatic nitrogens is 5. The monoisotopic (exact) mass is 300 g/mol. The molecule has 3 heterocycles. The molecule has 0 radical (unpaired) electrons. The van der Waals surface area contributed by atoms with Crippen LogP contribution in [-0.2, 0) is 13.6 Å². The fraction of sp³-hybridized carbons (Fsp3) is 0.357. The topological polar surface area (TPSA) is 60.0 Å². The Kier molecular flexibility index (Phi) is 3.16. The van der Waals surface area contributed by atoms with E-state index >= 15 is 0 Å². The molecule has 4 rings (SSSR count). The summed E-state index contributed by atoms with van der Waals surface area (Å²) < 4.78 is 4.06. The number of fused-ring (bicyclic) bond motifs is 1. The molecule has 0 amide bonds. The summed E-state index contributed by atoms with van der Waals surface area (Å²) in [6.07, 6.45) is 6.33. The lowest BCUT2D eigenvalue weighted by molar-refractivity contribution is 0.660. The average molecular weight is 300 g/mol. The number of hydrogen-bond donors (Lipinski definition) is 1. The maximum absolute atomic E-state index is 4.73. The second-order valence-electron chi connectivity index (χ2n) is 5.27. The minimum absolute atomic E-state index is 0.673. The summed E-state index contributed by atoms with van der Waals surface area (Å²) >= 11 is 1.56. The Hall–Kier alpha value is -1.86. The Balaban J connectivity index is 1.71. The van der Waals surface area contributed by atoms with E-state index < -0.39 is 0 Å². The third kappa shape index (κ3) is 2.54. The molecule has 0 spiro atoms. The number of pyridine rings is 1. The predicted octanol–water partition coefficient (Wildman–Crippen LogP) is 1.87. The van der Waals surface area contributed by atoms with Crippen molar-refractivity contribution < 1.29 is 0 Å². The Labute approximate surface area is 126 Å². The van der Waals surface area contributed by atoms with Crippen LogP contribution in [0, 0.1) is 0 Å². The maximum Gasteiger partial charge on any atom is 0.197 e. The van der Waals surface area contributed by atoms with E-state index in [0.717, 1.165) is 22.4 Å². The van der Waals surface area contributed by atoms with Crippen LogP contribution in [0.1, 0.15) is 18.5 Å². The van der Waals surface area contributed by atoms with Crippen molar-refractivity contribution >= 4 is 17.4 Å². The number of imidazole rings is 1. The Morgan fingerprint density at radius 3 is 3.05 bits per heavy atom. The minimum atomic E-state index is 0.673. The summed E-state index contributed by atoms with van der Waals surface area (Å²) in [5.74, 6) is 0. The van der Waals surface area contributed by atoms with Gasteiger partial charge in [-0.1, -0.05) is 6.07 Å². The zero-order valence-electron chi connectivity index (χ0n) is 11.7. The van der Waals surface area contributed by atoms with Crippen molar-refractivity contribution in [3.05, 3.63) is 36.4 Å². The molecule has 21 heavy (non-hydrogen) atoms. The average Bonchev–Trinajstić information content (AvgIpc) is 3.14. The van der Waals surface area contributed by atoms with Crippen LogP contribution in [0.15, 0.2) is 40.9 Å². The quantitative estimate of drug-likeness (QED) is 0.779. The Morgan fingerprint density at radius 1 is 1.38 bits per heavy atom. The van der Waals surface area contributed by atoms with Gasteiger partial charge in [-0.3, -0.25) is 0 Å². The van der Waals surface area contributed by atoms with Crippen molar-refractivity contribution in [3.63, 3.8) is 0 Å². The molecule has 0 aliphatic heterocycles. The number of hydrogen-bond acceptors (Lipinski definition) is 5. The third-order valence-corrected chi connectivity index (χ3v) is 4.66. The number of nitrogens with zero attached hydrogens (tertiary/aromatic N) is 5. The van der Waals surface area contributed by atoms with E-state index in [1.807, 2.05) is 29.8 Å². The van der Waals surface area contributed by atoms with Gasteiger partial charge in [0.15, 0.2) is 5.16 Å². The highest BCUT2D eigenvalue weighted by Crippen LogP contribution is 2.29. The van der Waals surface area contributed by atoms with Gasteiger partial charge in [0.05, 0.1) is 5.69 Å². The molecule has 0 saturated heterocycles. The van der Waals surface area contributed by atoms with Gasteiger partial charge in [0.1, 0.15) is 17.0 Å². The van der Waals surface area contributed by atoms with E-state index in [4.69, 9.17) is 4.98 Å². The lowest BCUT2D eigenvalue weighted by Crippen LogP contribution is -2.17. The molecular weight excluding hydrogens is 284 g/mol. The largest absolute Gasteiger partial charge is 0.311 e. The molecule has 6 nitrogen and oxygen atoms in total. The first-order valence-corrected chi connectivity index (χ1v) is 7.84. The molecule has 1 N–H and O–H groups in total. The predicted molar refractivity (Wildman–Crippen MR) is 80.2 cm³/mol. The summed E-state index contributed by atoms with van der Waals surface area (Å²) in [5, 5.41) is 13.5. The molecule has 7 heteroatoms. The first kappa shape index (κ1) is 12.8. The summed E-state index contributed by atoms with van der Waals surface area (Å²) in [5.41, 5.74) is 2.15. The van der Waals surface area contributed by atoms with Gasteiger partial charge >= 0.3 is 0 Å². The molecule has 1 fully saturated rings. The van der Waals surface area contributed by atoms with Gasteiger partial charge < -0.3 is 14.3 Å². The third-order valence-electron chi connectivity index (χ3n) is 3.59. The zero-order chi connectivity index (χ0) is 14.2. The molecule has 0 aromatic carbocycles. The number of nitrogens with one attached hydrogen (secondary N) is 1. The molecule has 108 valence electrons. The summed E-state index contributed by atoms with van der Waals surface area (Å²) in [7, 11) is 1.94. The van der Waals surface area contributed by atoms with E-state index in [0.29, 0.717) is 6.04 Å². The summed E-state index contributed by atoms with van der Waals surface area (Å²) in [6, 6.07) is 6.75. The molecule has 3 aromatic heterocycles. The maximum atomic E-state index is 4.73. The van der Waals surface area contributed by atoms with Crippen molar-refractivity contribution in [1.82, 2.24) is 29.5 Å². The highest BCUT2D eigenvalue weighted by atomic mass is 32.2. The van der Waals surface area contributed by atoms with Gasteiger partial charge in [-0.15, -0.1) is 10.2 Å². The van der Waals surface area contributed by atoms with Crippen LogP contribution in [-0.4, -0.2) is 30.2 Å². The molecule has 0 bridgehead atoms. The highest BCUT2D eigenvalue weighted by molar-refractivity contribution is 7.99. The van der Waals surface area contributed by atoms with Gasteiger partial charge in [-0.05, 0) is 36.7 Å². The number of rotatable bonds is 5. The van der Waals surface area contributed by atoms with Crippen molar-refractivity contribution in [2.24, 2.45) is 7.05 Å². The van der Waals surface area contributed by atoms with Crippen LogP contribution in [0.5, 0.6) is 0 Å². The van der Waals surface area contributed by atoms with Gasteiger partial charge in [-0.25, -0.2) is 4.98 Å². The van der Waals surface area contributed by atoms with E-state index in [9.17, 15) is 0 Å². The zero-order valence-corrected chi connectivity index (χ0v) is 12.5. The van der Waals surface area contributed by atoms with E-state index in [1.165, 1.54) is 18.5 Å². The fourth-order valence-electron chi connectivity index (χ4n) is 2.25. The molecular formula is C14H16N6S. The van der Waals surface area contributed by atoms with Crippen LogP contribution in [0.4, 0.5) is 0 Å². The fourth-order valence-corrected chi connectivity index (χ4v) is 3.13. The first-order chi connectivity index (χ1) is 10.3. The molecule has 0 unspecified atom stereocenters. The second-order valence-corrected chi connectivity index (χ2v) is 6.23. The van der Waals surface area contributed by atoms with Crippen molar-refractivity contribution in [1.29, 1.82) is 0 Å². The molecule has 1 aliphatic rings. The molecule has 1 aliphatic carbocycles. The van der Waals surface area contributed by atoms with Crippen LogP contribution >= 0.6 is 11.8 Å². The smallest absolute Gasteiger partial charge is 0.197 e.